The van der Waals surface area contributed by atoms with Crippen molar-refractivity contribution in [2.75, 3.05) is 56.2 Å². The van der Waals surface area contributed by atoms with Crippen LogP contribution in [0, 0.1) is 24.5 Å². The number of nitrogens with one attached hydrogen (secondary N) is 2. The molecule has 43 heavy (non-hydrogen) atoms. The Morgan fingerprint density at radius 3 is 2.77 bits per heavy atom. The quantitative estimate of drug-likeness (QED) is 0.290. The van der Waals surface area contributed by atoms with Gasteiger partial charge < -0.3 is 19.1 Å². The lowest BCUT2D eigenvalue weighted by Gasteiger charge is -2.31. The van der Waals surface area contributed by atoms with E-state index in [0.29, 0.717) is 57.3 Å². The van der Waals surface area contributed by atoms with Gasteiger partial charge in [0.15, 0.2) is 0 Å². The van der Waals surface area contributed by atoms with Crippen molar-refractivity contribution in [2.24, 2.45) is 5.92 Å². The number of hydrogen-bond donors (Lipinski definition) is 2. The first-order chi connectivity index (χ1) is 20.9. The number of H-pyrrole nitrogens is 1. The zero-order valence-electron chi connectivity index (χ0n) is 24.2. The number of aryl methyl sites for hydroxylation is 2. The van der Waals surface area contributed by atoms with Gasteiger partial charge >= 0.3 is 0 Å². The number of aromatic nitrogens is 5. The molecule has 0 radical (unpaired) electrons. The van der Waals surface area contributed by atoms with Gasteiger partial charge in [0.05, 0.1) is 25.7 Å². The summed E-state index contributed by atoms with van der Waals surface area (Å²) in [6.07, 6.45) is 6.51. The average Bonchev–Trinajstić information content (AvgIpc) is 3.77. The third-order valence-corrected chi connectivity index (χ3v) is 8.33. The van der Waals surface area contributed by atoms with Crippen LogP contribution < -0.4 is 10.2 Å². The molecule has 2 N–H and O–H groups in total. The second-order valence-electron chi connectivity index (χ2n) is 11.3. The Kier molecular flexibility index (Phi) is 8.75. The second-order valence-corrected chi connectivity index (χ2v) is 11.3. The Hall–Kier alpha value is -4.16. The summed E-state index contributed by atoms with van der Waals surface area (Å²) in [6, 6.07) is 9.99. The standard InChI is InChI=1S/C31H36F2N8O2/c1-21-4-5-22(28(15-21)40-11-13-43-14-12-40)17-41-10-8-34-31(41)37-30(42)26-19-39(9-2-3-29-35-20-36-38-29)18-25(26)24-7-6-23(32)16-27(24)33/h4-8,10,15-16,20,25-26H,2-3,9,11-14,17-19H2,1H3,(H,34,37,42)(H,35,36,38)/t25-,26+/m0/s1. The third kappa shape index (κ3) is 6.75. The highest BCUT2D eigenvalue weighted by molar-refractivity contribution is 5.92. The summed E-state index contributed by atoms with van der Waals surface area (Å²) >= 11 is 0. The molecule has 0 saturated carbocycles. The molecule has 0 spiro atoms. The maximum atomic E-state index is 15.0. The predicted octanol–water partition coefficient (Wildman–Crippen LogP) is 3.76. The van der Waals surface area contributed by atoms with E-state index in [9.17, 15) is 13.6 Å². The van der Waals surface area contributed by atoms with E-state index in [4.69, 9.17) is 4.74 Å². The normalized spacial score (nSPS) is 19.2. The zero-order chi connectivity index (χ0) is 29.8. The molecule has 2 atom stereocenters. The average molecular weight is 591 g/mol. The summed E-state index contributed by atoms with van der Waals surface area (Å²) in [5.41, 5.74) is 3.79. The Labute approximate surface area is 249 Å². The molecule has 2 saturated heterocycles. The molecule has 2 aromatic heterocycles. The predicted molar refractivity (Wildman–Crippen MR) is 158 cm³/mol. The van der Waals surface area contributed by atoms with Gasteiger partial charge in [-0.3, -0.25) is 15.2 Å². The first-order valence-electron chi connectivity index (χ1n) is 14.7. The van der Waals surface area contributed by atoms with Gasteiger partial charge in [0, 0.05) is 62.7 Å². The number of ether oxygens (including phenoxy) is 1. The molecule has 2 aliphatic heterocycles. The third-order valence-electron chi connectivity index (χ3n) is 8.33. The molecule has 0 bridgehead atoms. The van der Waals surface area contributed by atoms with Crippen LogP contribution in [-0.2, 0) is 22.5 Å². The number of aromatic amines is 1. The number of carbonyl (C=O) groups is 1. The Morgan fingerprint density at radius 2 is 1.98 bits per heavy atom. The van der Waals surface area contributed by atoms with Crippen LogP contribution in [0.2, 0.25) is 0 Å². The first-order valence-corrected chi connectivity index (χ1v) is 14.7. The zero-order valence-corrected chi connectivity index (χ0v) is 24.2. The summed E-state index contributed by atoms with van der Waals surface area (Å²) in [5.74, 6) is -1.26. The van der Waals surface area contributed by atoms with Gasteiger partial charge in [-0.25, -0.2) is 18.7 Å². The van der Waals surface area contributed by atoms with Crippen LogP contribution in [0.25, 0.3) is 0 Å². The summed E-state index contributed by atoms with van der Waals surface area (Å²) in [4.78, 5) is 26.9. The molecule has 2 fully saturated rings. The first kappa shape index (κ1) is 28.9. The molecule has 6 rings (SSSR count). The number of benzene rings is 2. The van der Waals surface area contributed by atoms with Crippen molar-refractivity contribution in [3.8, 4) is 0 Å². The Bertz CT molecular complexity index is 1540. The van der Waals surface area contributed by atoms with Crippen molar-refractivity contribution in [1.82, 2.24) is 29.6 Å². The maximum Gasteiger partial charge on any atom is 0.231 e. The molecule has 4 aromatic rings. The highest BCUT2D eigenvalue weighted by Gasteiger charge is 2.40. The van der Waals surface area contributed by atoms with Gasteiger partial charge in [-0.2, -0.15) is 5.10 Å². The molecular formula is C31H36F2N8O2. The minimum atomic E-state index is -0.640. The summed E-state index contributed by atoms with van der Waals surface area (Å²) < 4.78 is 36.2. The van der Waals surface area contributed by atoms with Gasteiger partial charge in [-0.1, -0.05) is 18.2 Å². The largest absolute Gasteiger partial charge is 0.378 e. The fourth-order valence-corrected chi connectivity index (χ4v) is 6.13. The van der Waals surface area contributed by atoms with Gasteiger partial charge in [0.25, 0.3) is 0 Å². The number of anilines is 2. The molecular weight excluding hydrogens is 554 g/mol. The number of hydrogen-bond acceptors (Lipinski definition) is 7. The molecule has 12 heteroatoms. The van der Waals surface area contributed by atoms with E-state index < -0.39 is 23.5 Å². The minimum Gasteiger partial charge on any atom is -0.378 e. The van der Waals surface area contributed by atoms with Gasteiger partial charge in [-0.15, -0.1) is 0 Å². The van der Waals surface area contributed by atoms with Crippen molar-refractivity contribution >= 4 is 17.5 Å². The Balaban J connectivity index is 1.19. The van der Waals surface area contributed by atoms with E-state index in [1.165, 1.54) is 24.0 Å². The van der Waals surface area contributed by atoms with Crippen LogP contribution in [0.1, 0.15) is 34.9 Å². The lowest BCUT2D eigenvalue weighted by atomic mass is 9.88. The molecule has 2 aromatic carbocycles. The van der Waals surface area contributed by atoms with Crippen LogP contribution in [0.15, 0.2) is 55.1 Å². The monoisotopic (exact) mass is 590 g/mol. The lowest BCUT2D eigenvalue weighted by molar-refractivity contribution is -0.120. The molecule has 2 aliphatic rings. The SMILES string of the molecule is Cc1ccc(Cn2ccnc2NC(=O)[C@@H]2CN(CCCc3ncn[nH]3)C[C@H]2c2ccc(F)cc2F)c(N2CCOCC2)c1. The molecule has 4 heterocycles. The number of imidazole rings is 1. The number of likely N-dealkylation sites (tertiary alicyclic amines) is 1. The van der Waals surface area contributed by atoms with Crippen molar-refractivity contribution in [1.29, 1.82) is 0 Å². The highest BCUT2D eigenvalue weighted by Crippen LogP contribution is 2.35. The van der Waals surface area contributed by atoms with Crippen molar-refractivity contribution in [3.63, 3.8) is 0 Å². The summed E-state index contributed by atoms with van der Waals surface area (Å²) in [5, 5.41) is 9.78. The summed E-state index contributed by atoms with van der Waals surface area (Å²) in [7, 11) is 0. The molecule has 0 unspecified atom stereocenters. The van der Waals surface area contributed by atoms with Crippen LogP contribution in [-0.4, -0.2) is 81.5 Å². The minimum absolute atomic E-state index is 0.240. The fraction of sp³-hybridized carbons (Fsp3) is 0.419. The van der Waals surface area contributed by atoms with Crippen molar-refractivity contribution in [2.45, 2.75) is 32.2 Å². The van der Waals surface area contributed by atoms with Crippen molar-refractivity contribution < 1.29 is 18.3 Å². The number of amides is 1. The maximum absolute atomic E-state index is 15.0. The van der Waals surface area contributed by atoms with Crippen LogP contribution >= 0.6 is 0 Å². The number of carbonyl (C=O) groups excluding carboxylic acids is 1. The smallest absolute Gasteiger partial charge is 0.231 e. The number of halogens is 2. The highest BCUT2D eigenvalue weighted by atomic mass is 19.1. The molecule has 10 nitrogen and oxygen atoms in total. The Morgan fingerprint density at radius 1 is 1.12 bits per heavy atom. The van der Waals surface area contributed by atoms with E-state index in [-0.39, 0.29) is 5.91 Å². The molecule has 0 aliphatic carbocycles. The lowest BCUT2D eigenvalue weighted by Crippen LogP contribution is -2.37. The van der Waals surface area contributed by atoms with E-state index in [1.54, 1.807) is 6.20 Å². The van der Waals surface area contributed by atoms with Gasteiger partial charge in [0.2, 0.25) is 11.9 Å². The number of nitrogens with zero attached hydrogens (tertiary/aromatic N) is 6. The second kappa shape index (κ2) is 13.0. The van der Waals surface area contributed by atoms with E-state index >= 15 is 0 Å². The van der Waals surface area contributed by atoms with Crippen LogP contribution in [0.3, 0.4) is 0 Å². The molecule has 226 valence electrons. The van der Waals surface area contributed by atoms with Crippen LogP contribution in [0.4, 0.5) is 20.4 Å². The topological polar surface area (TPSA) is 104 Å². The van der Waals surface area contributed by atoms with Gasteiger partial charge in [-0.05, 0) is 48.7 Å². The van der Waals surface area contributed by atoms with Crippen molar-refractivity contribution in [3.05, 3.63) is 89.3 Å². The van der Waals surface area contributed by atoms with Crippen LogP contribution in [0.5, 0.6) is 0 Å². The number of rotatable bonds is 10. The number of morpholine rings is 1. The fourth-order valence-electron chi connectivity index (χ4n) is 6.13. The summed E-state index contributed by atoms with van der Waals surface area (Å²) in [6.45, 7) is 7.26. The van der Waals surface area contributed by atoms with E-state index in [2.05, 4.69) is 60.4 Å². The molecule has 1 amide bonds. The van der Waals surface area contributed by atoms with E-state index in [1.807, 2.05) is 10.8 Å². The van der Waals surface area contributed by atoms with Gasteiger partial charge in [0.1, 0.15) is 23.8 Å². The van der Waals surface area contributed by atoms with E-state index in [0.717, 1.165) is 42.7 Å².